The molecule has 18 heavy (non-hydrogen) atoms. The predicted molar refractivity (Wildman–Crippen MR) is 67.0 cm³/mol. The number of carbonyl (C=O) groups excluding carboxylic acids is 1. The molecule has 0 spiro atoms. The van der Waals surface area contributed by atoms with Crippen LogP contribution in [0, 0.1) is 0 Å². The molecule has 0 fully saturated rings. The third-order valence-electron chi connectivity index (χ3n) is 2.56. The Bertz CT molecular complexity index is 431. The lowest BCUT2D eigenvalue weighted by Gasteiger charge is -2.14. The van der Waals surface area contributed by atoms with Crippen molar-refractivity contribution in [2.45, 2.75) is 19.4 Å². The minimum absolute atomic E-state index is 0.0104. The number of hydrogen-bond acceptors (Lipinski definition) is 4. The van der Waals surface area contributed by atoms with Crippen LogP contribution in [0.5, 0.6) is 5.75 Å². The molecule has 0 aliphatic heterocycles. The fraction of sp³-hybridized carbons (Fsp3) is 0.385. The maximum atomic E-state index is 12.1. The number of Topliss-reactive ketones (excluding diaryl/α,β-unsaturated/α-hetero) is 1. The minimum atomic E-state index is -0.889. The zero-order valence-corrected chi connectivity index (χ0v) is 10.5. The second kappa shape index (κ2) is 6.76. The highest BCUT2D eigenvalue weighted by atomic mass is 16.5. The Hall–Kier alpha value is -1.88. The first-order valence-electron chi connectivity index (χ1n) is 5.68. The standard InChI is InChI=1S/C13H17NO4/c1-9(14-8-7-12(15)16)13(17)10-5-3-4-6-11(10)18-2/h3-6,9,14H,7-8H2,1-2H3,(H,15,16). The van der Waals surface area contributed by atoms with E-state index in [1.165, 1.54) is 7.11 Å². The van der Waals surface area contributed by atoms with Crippen molar-refractivity contribution in [2.75, 3.05) is 13.7 Å². The summed E-state index contributed by atoms with van der Waals surface area (Å²) >= 11 is 0. The van der Waals surface area contributed by atoms with Gasteiger partial charge in [-0.05, 0) is 19.1 Å². The Balaban J connectivity index is 2.65. The van der Waals surface area contributed by atoms with Crippen molar-refractivity contribution in [1.82, 2.24) is 5.32 Å². The third kappa shape index (κ3) is 3.85. The molecule has 0 amide bonds. The van der Waals surface area contributed by atoms with Gasteiger partial charge in [0.15, 0.2) is 5.78 Å². The number of ether oxygens (including phenoxy) is 1. The summed E-state index contributed by atoms with van der Waals surface area (Å²) in [6.07, 6.45) is -0.0104. The molecule has 5 heteroatoms. The van der Waals surface area contributed by atoms with Gasteiger partial charge >= 0.3 is 5.97 Å². The quantitative estimate of drug-likeness (QED) is 0.715. The molecule has 5 nitrogen and oxygen atoms in total. The second-order valence-corrected chi connectivity index (χ2v) is 3.88. The zero-order valence-electron chi connectivity index (χ0n) is 10.5. The molecule has 1 aromatic carbocycles. The number of carbonyl (C=O) groups is 2. The first kappa shape index (κ1) is 14.2. The fourth-order valence-electron chi connectivity index (χ4n) is 1.57. The summed E-state index contributed by atoms with van der Waals surface area (Å²) in [7, 11) is 1.51. The number of ketones is 1. The van der Waals surface area contributed by atoms with Crippen LogP contribution in [0.1, 0.15) is 23.7 Å². The number of carboxylic acids is 1. The van der Waals surface area contributed by atoms with E-state index >= 15 is 0 Å². The monoisotopic (exact) mass is 251 g/mol. The average molecular weight is 251 g/mol. The van der Waals surface area contributed by atoms with Gasteiger partial charge in [0.05, 0.1) is 25.1 Å². The summed E-state index contributed by atoms with van der Waals surface area (Å²) in [6, 6.07) is 6.52. The van der Waals surface area contributed by atoms with Crippen LogP contribution >= 0.6 is 0 Å². The first-order valence-corrected chi connectivity index (χ1v) is 5.68. The Labute approximate surface area is 106 Å². The van der Waals surface area contributed by atoms with E-state index in [-0.39, 0.29) is 18.7 Å². The lowest BCUT2D eigenvalue weighted by molar-refractivity contribution is -0.136. The molecule has 1 atom stereocenters. The Morgan fingerprint density at radius 3 is 2.67 bits per heavy atom. The van der Waals surface area contributed by atoms with Gasteiger partial charge in [0.1, 0.15) is 5.75 Å². The summed E-state index contributed by atoms with van der Waals surface area (Å²) < 4.78 is 5.12. The van der Waals surface area contributed by atoms with Crippen molar-refractivity contribution in [1.29, 1.82) is 0 Å². The van der Waals surface area contributed by atoms with Gasteiger partial charge in [-0.25, -0.2) is 0 Å². The number of aliphatic carboxylic acids is 1. The van der Waals surface area contributed by atoms with Crippen molar-refractivity contribution in [3.05, 3.63) is 29.8 Å². The minimum Gasteiger partial charge on any atom is -0.496 e. The molecule has 1 rings (SSSR count). The zero-order chi connectivity index (χ0) is 13.5. The van der Waals surface area contributed by atoms with E-state index in [0.29, 0.717) is 11.3 Å². The number of hydrogen-bond donors (Lipinski definition) is 2. The van der Waals surface area contributed by atoms with Crippen LogP contribution in [-0.4, -0.2) is 36.6 Å². The topological polar surface area (TPSA) is 75.6 Å². The summed E-state index contributed by atoms with van der Waals surface area (Å²) in [5, 5.41) is 11.4. The van der Waals surface area contributed by atoms with Gasteiger partial charge < -0.3 is 15.2 Å². The molecule has 0 bridgehead atoms. The van der Waals surface area contributed by atoms with E-state index in [1.54, 1.807) is 31.2 Å². The van der Waals surface area contributed by atoms with E-state index in [1.807, 2.05) is 0 Å². The molecular weight excluding hydrogens is 234 g/mol. The smallest absolute Gasteiger partial charge is 0.304 e. The number of methoxy groups -OCH3 is 1. The van der Waals surface area contributed by atoms with Crippen LogP contribution in [-0.2, 0) is 4.79 Å². The molecule has 2 N–H and O–H groups in total. The Kier molecular flexibility index (Phi) is 5.32. The van der Waals surface area contributed by atoms with E-state index in [4.69, 9.17) is 9.84 Å². The molecular formula is C13H17NO4. The van der Waals surface area contributed by atoms with Gasteiger partial charge in [0.25, 0.3) is 0 Å². The molecule has 98 valence electrons. The summed E-state index contributed by atoms with van der Waals surface area (Å²) in [5.74, 6) is -0.480. The number of carboxylic acid groups (broad SMARTS) is 1. The molecule has 0 radical (unpaired) electrons. The second-order valence-electron chi connectivity index (χ2n) is 3.88. The van der Waals surface area contributed by atoms with Crippen LogP contribution in [0.2, 0.25) is 0 Å². The lowest BCUT2D eigenvalue weighted by Crippen LogP contribution is -2.35. The lowest BCUT2D eigenvalue weighted by atomic mass is 10.0. The Morgan fingerprint density at radius 2 is 2.06 bits per heavy atom. The molecule has 1 aromatic rings. The van der Waals surface area contributed by atoms with Gasteiger partial charge in [-0.3, -0.25) is 9.59 Å². The maximum absolute atomic E-state index is 12.1. The number of benzene rings is 1. The fourth-order valence-corrected chi connectivity index (χ4v) is 1.57. The average Bonchev–Trinajstić information content (AvgIpc) is 2.37. The van der Waals surface area contributed by atoms with Crippen molar-refractivity contribution in [3.8, 4) is 5.75 Å². The predicted octanol–water partition coefficient (Wildman–Crippen LogP) is 1.33. The Morgan fingerprint density at radius 1 is 1.39 bits per heavy atom. The van der Waals surface area contributed by atoms with Crippen molar-refractivity contribution < 1.29 is 19.4 Å². The number of para-hydroxylation sites is 1. The highest BCUT2D eigenvalue weighted by molar-refractivity contribution is 6.02. The summed E-state index contributed by atoms with van der Waals surface area (Å²) in [6.45, 7) is 1.97. The highest BCUT2D eigenvalue weighted by Gasteiger charge is 2.18. The highest BCUT2D eigenvalue weighted by Crippen LogP contribution is 2.18. The summed E-state index contributed by atoms with van der Waals surface area (Å²) in [5.41, 5.74) is 0.496. The van der Waals surface area contributed by atoms with Gasteiger partial charge in [0, 0.05) is 6.54 Å². The van der Waals surface area contributed by atoms with E-state index in [9.17, 15) is 9.59 Å². The van der Waals surface area contributed by atoms with Crippen LogP contribution < -0.4 is 10.1 Å². The molecule has 0 saturated carbocycles. The SMILES string of the molecule is COc1ccccc1C(=O)C(C)NCCC(=O)O. The molecule has 0 aliphatic rings. The maximum Gasteiger partial charge on any atom is 0.304 e. The van der Waals surface area contributed by atoms with Crippen LogP contribution in [0.15, 0.2) is 24.3 Å². The largest absolute Gasteiger partial charge is 0.496 e. The normalized spacial score (nSPS) is 11.9. The van der Waals surface area contributed by atoms with Crippen molar-refractivity contribution in [2.24, 2.45) is 0 Å². The van der Waals surface area contributed by atoms with E-state index in [2.05, 4.69) is 5.32 Å². The van der Waals surface area contributed by atoms with E-state index in [0.717, 1.165) is 0 Å². The number of nitrogens with one attached hydrogen (secondary N) is 1. The molecule has 0 aliphatic carbocycles. The van der Waals surface area contributed by atoms with Crippen LogP contribution in [0.25, 0.3) is 0 Å². The number of rotatable bonds is 7. The van der Waals surface area contributed by atoms with E-state index < -0.39 is 12.0 Å². The van der Waals surface area contributed by atoms with Crippen LogP contribution in [0.4, 0.5) is 0 Å². The van der Waals surface area contributed by atoms with Crippen LogP contribution in [0.3, 0.4) is 0 Å². The molecule has 1 unspecified atom stereocenters. The molecule has 0 saturated heterocycles. The summed E-state index contributed by atoms with van der Waals surface area (Å²) in [4.78, 5) is 22.5. The van der Waals surface area contributed by atoms with Gasteiger partial charge in [-0.15, -0.1) is 0 Å². The molecule has 0 aromatic heterocycles. The third-order valence-corrected chi connectivity index (χ3v) is 2.56. The van der Waals surface area contributed by atoms with Gasteiger partial charge in [-0.2, -0.15) is 0 Å². The van der Waals surface area contributed by atoms with Crippen molar-refractivity contribution >= 4 is 11.8 Å². The molecule has 0 heterocycles. The van der Waals surface area contributed by atoms with Gasteiger partial charge in [0.2, 0.25) is 0 Å². The first-order chi connectivity index (χ1) is 8.56. The van der Waals surface area contributed by atoms with Crippen molar-refractivity contribution in [3.63, 3.8) is 0 Å². The van der Waals surface area contributed by atoms with Gasteiger partial charge in [-0.1, -0.05) is 12.1 Å².